The van der Waals surface area contributed by atoms with Crippen LogP contribution in [-0.4, -0.2) is 28.2 Å². The molecule has 1 aliphatic heterocycles. The van der Waals surface area contributed by atoms with Gasteiger partial charge >= 0.3 is 0 Å². The Labute approximate surface area is 139 Å². The lowest BCUT2D eigenvalue weighted by Crippen LogP contribution is -2.25. The summed E-state index contributed by atoms with van der Waals surface area (Å²) in [5.74, 6) is 0.736. The number of anilines is 1. The van der Waals surface area contributed by atoms with Crippen LogP contribution in [0.2, 0.25) is 0 Å². The molecular weight excluding hydrogens is 308 g/mol. The molecule has 0 spiro atoms. The molecule has 7 heteroatoms. The molecule has 1 aromatic heterocycles. The lowest BCUT2D eigenvalue weighted by Gasteiger charge is -2.24. The first-order chi connectivity index (χ1) is 11.5. The number of primary amides is 1. The summed E-state index contributed by atoms with van der Waals surface area (Å²) in [4.78, 5) is 22.9. The van der Waals surface area contributed by atoms with Gasteiger partial charge in [0.2, 0.25) is 5.91 Å². The molecule has 1 atom stereocenters. The van der Waals surface area contributed by atoms with Crippen LogP contribution in [0.15, 0.2) is 30.5 Å². The molecule has 1 aliphatic rings. The van der Waals surface area contributed by atoms with E-state index in [2.05, 4.69) is 10.4 Å². The van der Waals surface area contributed by atoms with E-state index in [9.17, 15) is 9.59 Å². The molecule has 2 amide bonds. The van der Waals surface area contributed by atoms with Crippen molar-refractivity contribution in [3.8, 4) is 5.75 Å². The number of amides is 2. The second-order valence-electron chi connectivity index (χ2n) is 6.12. The molecule has 0 fully saturated rings. The van der Waals surface area contributed by atoms with E-state index in [0.29, 0.717) is 12.2 Å². The zero-order valence-electron chi connectivity index (χ0n) is 13.7. The summed E-state index contributed by atoms with van der Waals surface area (Å²) in [7, 11) is 0. The Bertz CT molecular complexity index is 765. The highest BCUT2D eigenvalue weighted by Gasteiger charge is 2.30. The minimum atomic E-state index is -0.520. The Morgan fingerprint density at radius 3 is 2.75 bits per heavy atom. The zero-order valence-corrected chi connectivity index (χ0v) is 13.7. The molecule has 2 heterocycles. The van der Waals surface area contributed by atoms with E-state index in [-0.39, 0.29) is 24.5 Å². The zero-order chi connectivity index (χ0) is 17.3. The summed E-state index contributed by atoms with van der Waals surface area (Å²) >= 11 is 0. The third kappa shape index (κ3) is 3.10. The van der Waals surface area contributed by atoms with Gasteiger partial charge < -0.3 is 15.8 Å². The fourth-order valence-electron chi connectivity index (χ4n) is 2.88. The van der Waals surface area contributed by atoms with Gasteiger partial charge in [0, 0.05) is 23.9 Å². The van der Waals surface area contributed by atoms with Crippen molar-refractivity contribution in [2.75, 3.05) is 11.9 Å². The predicted molar refractivity (Wildman–Crippen MR) is 88.8 cm³/mol. The van der Waals surface area contributed by atoms with Gasteiger partial charge in [-0.1, -0.05) is 12.1 Å². The number of hydrogen-bond acceptors (Lipinski definition) is 4. The molecule has 2 aromatic rings. The van der Waals surface area contributed by atoms with Crippen molar-refractivity contribution in [2.24, 2.45) is 5.73 Å². The molecule has 3 N–H and O–H groups in total. The van der Waals surface area contributed by atoms with E-state index in [0.717, 1.165) is 16.9 Å². The van der Waals surface area contributed by atoms with Gasteiger partial charge in [-0.3, -0.25) is 9.59 Å². The number of aromatic nitrogens is 2. The van der Waals surface area contributed by atoms with Gasteiger partial charge in [0.1, 0.15) is 11.6 Å². The Kier molecular flexibility index (Phi) is 4.24. The van der Waals surface area contributed by atoms with Gasteiger partial charge in [0.25, 0.3) is 5.91 Å². The van der Waals surface area contributed by atoms with Crippen LogP contribution in [0.3, 0.4) is 0 Å². The third-order valence-corrected chi connectivity index (χ3v) is 4.00. The Balaban J connectivity index is 1.87. The highest BCUT2D eigenvalue weighted by atomic mass is 16.5. The maximum absolute atomic E-state index is 12.1. The molecule has 126 valence electrons. The maximum atomic E-state index is 12.1. The van der Waals surface area contributed by atoms with E-state index < -0.39 is 5.91 Å². The third-order valence-electron chi connectivity index (χ3n) is 4.00. The number of hydrogen-bond donors (Lipinski definition) is 2. The lowest BCUT2D eigenvalue weighted by molar-refractivity contribution is -0.120. The largest absolute Gasteiger partial charge is 0.484 e. The molecule has 0 bridgehead atoms. The molecule has 3 rings (SSSR count). The Morgan fingerprint density at radius 2 is 2.12 bits per heavy atom. The van der Waals surface area contributed by atoms with E-state index in [1.165, 1.54) is 0 Å². The minimum absolute atomic E-state index is 0.0241. The summed E-state index contributed by atoms with van der Waals surface area (Å²) in [5, 5.41) is 7.32. The van der Waals surface area contributed by atoms with Crippen molar-refractivity contribution in [2.45, 2.75) is 32.2 Å². The van der Waals surface area contributed by atoms with Crippen LogP contribution in [0.5, 0.6) is 5.75 Å². The molecule has 0 saturated heterocycles. The number of ether oxygens (including phenoxy) is 1. The summed E-state index contributed by atoms with van der Waals surface area (Å²) in [6.45, 7) is 3.89. The number of carbonyl (C=O) groups is 2. The minimum Gasteiger partial charge on any atom is -0.484 e. The van der Waals surface area contributed by atoms with Gasteiger partial charge in [-0.2, -0.15) is 5.10 Å². The van der Waals surface area contributed by atoms with Gasteiger partial charge in [-0.05, 0) is 31.5 Å². The van der Waals surface area contributed by atoms with Crippen LogP contribution in [0.25, 0.3) is 0 Å². The van der Waals surface area contributed by atoms with E-state index >= 15 is 0 Å². The van der Waals surface area contributed by atoms with Crippen molar-refractivity contribution < 1.29 is 14.3 Å². The van der Waals surface area contributed by atoms with Gasteiger partial charge in [-0.25, -0.2) is 4.68 Å². The maximum Gasteiger partial charge on any atom is 0.255 e. The molecule has 0 aliphatic carbocycles. The number of benzene rings is 1. The Hall–Kier alpha value is -2.83. The fraction of sp³-hybridized carbons (Fsp3) is 0.353. The molecule has 24 heavy (non-hydrogen) atoms. The SMILES string of the molecule is CC(C)n1ncc2c1NC(=O)C[C@@H]2c1ccc(OCC(N)=O)cc1. The highest BCUT2D eigenvalue weighted by molar-refractivity contribution is 5.94. The van der Waals surface area contributed by atoms with E-state index in [1.54, 1.807) is 12.1 Å². The first-order valence-electron chi connectivity index (χ1n) is 7.84. The second-order valence-corrected chi connectivity index (χ2v) is 6.12. The van der Waals surface area contributed by atoms with Gasteiger partial charge in [0.05, 0.1) is 6.20 Å². The highest BCUT2D eigenvalue weighted by Crippen LogP contribution is 2.38. The van der Waals surface area contributed by atoms with Crippen molar-refractivity contribution >= 4 is 17.6 Å². The molecule has 7 nitrogen and oxygen atoms in total. The molecule has 0 unspecified atom stereocenters. The normalized spacial score (nSPS) is 16.6. The predicted octanol–water partition coefficient (Wildman–Crippen LogP) is 1.80. The van der Waals surface area contributed by atoms with Gasteiger partial charge in [0.15, 0.2) is 6.61 Å². The van der Waals surface area contributed by atoms with E-state index in [1.807, 2.05) is 36.9 Å². The quantitative estimate of drug-likeness (QED) is 0.874. The molecule has 0 saturated carbocycles. The van der Waals surface area contributed by atoms with E-state index in [4.69, 9.17) is 10.5 Å². The average molecular weight is 328 g/mol. The topological polar surface area (TPSA) is 99.2 Å². The van der Waals surface area contributed by atoms with Crippen LogP contribution in [0.4, 0.5) is 5.82 Å². The smallest absolute Gasteiger partial charge is 0.255 e. The van der Waals surface area contributed by atoms with Crippen LogP contribution in [0.1, 0.15) is 43.4 Å². The van der Waals surface area contributed by atoms with Crippen LogP contribution in [-0.2, 0) is 9.59 Å². The summed E-state index contributed by atoms with van der Waals surface area (Å²) < 4.78 is 7.09. The monoisotopic (exact) mass is 328 g/mol. The summed E-state index contributed by atoms with van der Waals surface area (Å²) in [6, 6.07) is 7.51. The number of nitrogens with one attached hydrogen (secondary N) is 1. The average Bonchev–Trinajstić information content (AvgIpc) is 2.96. The lowest BCUT2D eigenvalue weighted by atomic mass is 9.87. The van der Waals surface area contributed by atoms with Crippen LogP contribution >= 0.6 is 0 Å². The molecular formula is C17H20N4O3. The first kappa shape index (κ1) is 16.0. The first-order valence-corrected chi connectivity index (χ1v) is 7.84. The van der Waals surface area contributed by atoms with Crippen LogP contribution in [0, 0.1) is 0 Å². The number of carbonyl (C=O) groups excluding carboxylic acids is 2. The number of rotatable bonds is 5. The number of nitrogens with two attached hydrogens (primary N) is 1. The van der Waals surface area contributed by atoms with Gasteiger partial charge in [-0.15, -0.1) is 0 Å². The fourth-order valence-corrected chi connectivity index (χ4v) is 2.88. The van der Waals surface area contributed by atoms with Crippen molar-refractivity contribution in [3.05, 3.63) is 41.6 Å². The standard InChI is InChI=1S/C17H20N4O3/c1-10(2)21-17-14(8-19-21)13(7-16(23)20-17)11-3-5-12(6-4-11)24-9-15(18)22/h3-6,8,10,13H,7,9H2,1-2H3,(H2,18,22)(H,20,23)/t13-/m1/s1. The van der Waals surface area contributed by atoms with Crippen molar-refractivity contribution in [3.63, 3.8) is 0 Å². The molecule has 0 radical (unpaired) electrons. The summed E-state index contributed by atoms with van der Waals surface area (Å²) in [5.41, 5.74) is 7.07. The van der Waals surface area contributed by atoms with Crippen molar-refractivity contribution in [1.29, 1.82) is 0 Å². The number of nitrogens with zero attached hydrogens (tertiary/aromatic N) is 2. The Morgan fingerprint density at radius 1 is 1.42 bits per heavy atom. The second kappa shape index (κ2) is 6.35. The van der Waals surface area contributed by atoms with Crippen LogP contribution < -0.4 is 15.8 Å². The molecule has 1 aromatic carbocycles. The number of fused-ring (bicyclic) bond motifs is 1. The van der Waals surface area contributed by atoms with Crippen molar-refractivity contribution in [1.82, 2.24) is 9.78 Å². The summed E-state index contributed by atoms with van der Waals surface area (Å²) in [6.07, 6.45) is 2.19.